The van der Waals surface area contributed by atoms with Crippen LogP contribution in [0.15, 0.2) is 53.7 Å². The van der Waals surface area contributed by atoms with E-state index in [2.05, 4.69) is 15.4 Å². The number of methoxy groups -OCH3 is 1. The molecule has 0 spiro atoms. The van der Waals surface area contributed by atoms with Gasteiger partial charge in [0.1, 0.15) is 18.0 Å². The number of hydrogen-bond donors (Lipinski definition) is 2. The monoisotopic (exact) mass is 533 g/mol. The van der Waals surface area contributed by atoms with Crippen LogP contribution in [0.5, 0.6) is 0 Å². The standard InChI is InChI=1S/C22H23N5O9S/c1-25-13-15(10-18(25)20(28)23-14-11-19(21(29)35-3)26(2)12-14)24-22(30)36-8-9-37(33,34)17-6-4-16(5-7-17)27(31)32/h4-7,10-13H,8-9H2,1-3H3,(H,23,28)(H,24,30). The van der Waals surface area contributed by atoms with Gasteiger partial charge in [0.2, 0.25) is 0 Å². The third kappa shape index (κ3) is 6.52. The molecule has 0 aliphatic carbocycles. The van der Waals surface area contributed by atoms with Gasteiger partial charge in [0.05, 0.1) is 34.1 Å². The van der Waals surface area contributed by atoms with E-state index in [1.807, 2.05) is 0 Å². The molecule has 196 valence electrons. The van der Waals surface area contributed by atoms with Crippen molar-refractivity contribution < 1.29 is 37.2 Å². The molecule has 0 aliphatic heterocycles. The normalized spacial score (nSPS) is 11.0. The summed E-state index contributed by atoms with van der Waals surface area (Å²) in [6.07, 6.45) is 2.05. The number of hydrogen-bond acceptors (Lipinski definition) is 9. The number of carbonyl (C=O) groups is 3. The largest absolute Gasteiger partial charge is 0.464 e. The van der Waals surface area contributed by atoms with Crippen LogP contribution in [-0.2, 0) is 33.4 Å². The Morgan fingerprint density at radius 3 is 2.14 bits per heavy atom. The van der Waals surface area contributed by atoms with Gasteiger partial charge in [-0.2, -0.15) is 0 Å². The quantitative estimate of drug-likeness (QED) is 0.237. The second-order valence-corrected chi connectivity index (χ2v) is 9.84. The lowest BCUT2D eigenvalue weighted by Gasteiger charge is -2.07. The molecule has 2 heterocycles. The van der Waals surface area contributed by atoms with Gasteiger partial charge >= 0.3 is 12.1 Å². The predicted octanol–water partition coefficient (Wildman–Crippen LogP) is 2.33. The Balaban J connectivity index is 1.55. The lowest BCUT2D eigenvalue weighted by atomic mass is 10.3. The molecule has 0 unspecified atom stereocenters. The minimum atomic E-state index is -3.84. The number of aryl methyl sites for hydroxylation is 2. The van der Waals surface area contributed by atoms with Crippen LogP contribution in [0.1, 0.15) is 21.0 Å². The van der Waals surface area contributed by atoms with E-state index < -0.39 is 45.1 Å². The Labute approximate surface area is 210 Å². The summed E-state index contributed by atoms with van der Waals surface area (Å²) < 4.78 is 37.2. The first-order valence-corrected chi connectivity index (χ1v) is 12.2. The van der Waals surface area contributed by atoms with Gasteiger partial charge in [0.15, 0.2) is 9.84 Å². The second-order valence-electron chi connectivity index (χ2n) is 7.73. The Bertz CT molecular complexity index is 1460. The molecular weight excluding hydrogens is 510 g/mol. The van der Waals surface area contributed by atoms with Crippen LogP contribution in [0.2, 0.25) is 0 Å². The minimum Gasteiger partial charge on any atom is -0.464 e. The molecule has 1 aromatic carbocycles. The summed E-state index contributed by atoms with van der Waals surface area (Å²) >= 11 is 0. The molecule has 37 heavy (non-hydrogen) atoms. The van der Waals surface area contributed by atoms with E-state index in [1.165, 1.54) is 40.8 Å². The molecule has 2 amide bonds. The van der Waals surface area contributed by atoms with Crippen LogP contribution in [-0.4, -0.2) is 59.9 Å². The zero-order valence-electron chi connectivity index (χ0n) is 20.0. The van der Waals surface area contributed by atoms with Gasteiger partial charge in [0.25, 0.3) is 11.6 Å². The van der Waals surface area contributed by atoms with Crippen molar-refractivity contribution >= 4 is 44.9 Å². The fraction of sp³-hybridized carbons (Fsp3) is 0.227. The molecule has 0 bridgehead atoms. The molecule has 0 saturated carbocycles. The topological polar surface area (TPSA) is 181 Å². The third-order valence-corrected chi connectivity index (χ3v) is 6.83. The molecule has 0 atom stereocenters. The van der Waals surface area contributed by atoms with Crippen molar-refractivity contribution in [2.45, 2.75) is 4.90 Å². The predicted molar refractivity (Wildman–Crippen MR) is 130 cm³/mol. The van der Waals surface area contributed by atoms with Gasteiger partial charge < -0.3 is 23.9 Å². The van der Waals surface area contributed by atoms with Crippen molar-refractivity contribution in [2.24, 2.45) is 14.1 Å². The number of aromatic nitrogens is 2. The molecule has 15 heteroatoms. The van der Waals surface area contributed by atoms with E-state index in [1.54, 1.807) is 14.1 Å². The number of anilines is 2. The van der Waals surface area contributed by atoms with Crippen molar-refractivity contribution in [1.29, 1.82) is 0 Å². The fourth-order valence-corrected chi connectivity index (χ4v) is 4.37. The Kier molecular flexibility index (Phi) is 7.97. The highest BCUT2D eigenvalue weighted by Crippen LogP contribution is 2.19. The Morgan fingerprint density at radius 2 is 1.54 bits per heavy atom. The summed E-state index contributed by atoms with van der Waals surface area (Å²) in [6, 6.07) is 7.19. The number of nitro benzene ring substituents is 1. The number of amides is 2. The summed E-state index contributed by atoms with van der Waals surface area (Å²) in [5, 5.41) is 15.8. The SMILES string of the molecule is COC(=O)c1cc(NC(=O)c2cc(NC(=O)OCCS(=O)(=O)c3ccc([N+](=O)[O-])cc3)cn2C)cn1C. The molecule has 0 aliphatic rings. The highest BCUT2D eigenvalue weighted by atomic mass is 32.2. The average Bonchev–Trinajstić information content (AvgIpc) is 3.39. The maximum Gasteiger partial charge on any atom is 0.411 e. The third-order valence-electron chi connectivity index (χ3n) is 5.13. The fourth-order valence-electron chi connectivity index (χ4n) is 3.29. The van der Waals surface area contributed by atoms with Crippen LogP contribution >= 0.6 is 0 Å². The Hall–Kier alpha value is -4.66. The summed E-state index contributed by atoms with van der Waals surface area (Å²) in [5.41, 5.74) is 0.751. The second kappa shape index (κ2) is 10.9. The maximum absolute atomic E-state index is 12.7. The number of esters is 1. The summed E-state index contributed by atoms with van der Waals surface area (Å²) in [4.78, 5) is 46.4. The van der Waals surface area contributed by atoms with Gasteiger partial charge in [-0.15, -0.1) is 0 Å². The molecule has 14 nitrogen and oxygen atoms in total. The van der Waals surface area contributed by atoms with Crippen LogP contribution in [0, 0.1) is 10.1 Å². The highest BCUT2D eigenvalue weighted by molar-refractivity contribution is 7.91. The van der Waals surface area contributed by atoms with Crippen LogP contribution in [0.25, 0.3) is 0 Å². The van der Waals surface area contributed by atoms with Crippen LogP contribution < -0.4 is 10.6 Å². The average molecular weight is 534 g/mol. The number of non-ortho nitro benzene ring substituents is 1. The van der Waals surface area contributed by atoms with Gasteiger partial charge in [-0.25, -0.2) is 18.0 Å². The van der Waals surface area contributed by atoms with E-state index in [0.29, 0.717) is 5.69 Å². The van der Waals surface area contributed by atoms with E-state index in [9.17, 15) is 32.9 Å². The molecule has 3 rings (SSSR count). The van der Waals surface area contributed by atoms with Crippen LogP contribution in [0.3, 0.4) is 0 Å². The van der Waals surface area contributed by atoms with Gasteiger partial charge in [-0.05, 0) is 24.3 Å². The molecule has 2 aromatic heterocycles. The molecule has 0 saturated heterocycles. The highest BCUT2D eigenvalue weighted by Gasteiger charge is 2.19. The van der Waals surface area contributed by atoms with Gasteiger partial charge in [0, 0.05) is 38.6 Å². The van der Waals surface area contributed by atoms with E-state index in [4.69, 9.17) is 4.74 Å². The van der Waals surface area contributed by atoms with Crippen molar-refractivity contribution in [2.75, 3.05) is 30.1 Å². The van der Waals surface area contributed by atoms with Gasteiger partial charge in [-0.1, -0.05) is 0 Å². The number of rotatable bonds is 9. The molecule has 0 fully saturated rings. The number of ether oxygens (including phenoxy) is 2. The molecular formula is C22H23N5O9S. The zero-order chi connectivity index (χ0) is 27.3. The lowest BCUT2D eigenvalue weighted by molar-refractivity contribution is -0.384. The first-order chi connectivity index (χ1) is 17.4. The van der Waals surface area contributed by atoms with E-state index in [0.717, 1.165) is 24.3 Å². The van der Waals surface area contributed by atoms with Crippen molar-refractivity contribution in [1.82, 2.24) is 9.13 Å². The maximum atomic E-state index is 12.7. The Morgan fingerprint density at radius 1 is 0.973 bits per heavy atom. The first kappa shape index (κ1) is 26.9. The number of benzene rings is 1. The molecule has 2 N–H and O–H groups in total. The summed E-state index contributed by atoms with van der Waals surface area (Å²) in [6.45, 7) is -0.470. The number of nitrogens with one attached hydrogen (secondary N) is 2. The minimum absolute atomic E-state index is 0.141. The number of nitrogens with zero attached hydrogens (tertiary/aromatic N) is 3. The van der Waals surface area contributed by atoms with Gasteiger partial charge in [-0.3, -0.25) is 20.2 Å². The van der Waals surface area contributed by atoms with Crippen molar-refractivity contribution in [3.8, 4) is 0 Å². The first-order valence-electron chi connectivity index (χ1n) is 10.5. The lowest BCUT2D eigenvalue weighted by Crippen LogP contribution is -2.19. The van der Waals surface area contributed by atoms with E-state index >= 15 is 0 Å². The molecule has 3 aromatic rings. The zero-order valence-corrected chi connectivity index (χ0v) is 20.8. The molecule has 0 radical (unpaired) electrons. The smallest absolute Gasteiger partial charge is 0.411 e. The van der Waals surface area contributed by atoms with Crippen LogP contribution in [0.4, 0.5) is 21.9 Å². The van der Waals surface area contributed by atoms with Crippen molar-refractivity contribution in [3.63, 3.8) is 0 Å². The number of carbonyl (C=O) groups excluding carboxylic acids is 3. The summed E-state index contributed by atoms with van der Waals surface area (Å²) in [7, 11) is 0.603. The number of nitro groups is 1. The van der Waals surface area contributed by atoms with E-state index in [-0.39, 0.29) is 27.7 Å². The van der Waals surface area contributed by atoms with Crippen molar-refractivity contribution in [3.05, 3.63) is 70.3 Å². The summed E-state index contributed by atoms with van der Waals surface area (Å²) in [5.74, 6) is -1.61. The number of sulfone groups is 1.